The second-order valence-electron chi connectivity index (χ2n) is 7.00. The molecule has 2 rings (SSSR count). The maximum absolute atomic E-state index is 11.9. The first-order valence-electron chi connectivity index (χ1n) is 10.2. The third kappa shape index (κ3) is 7.48. The van der Waals surface area contributed by atoms with E-state index >= 15 is 0 Å². The zero-order chi connectivity index (χ0) is 20.2. The van der Waals surface area contributed by atoms with Crippen LogP contribution < -0.4 is 10.6 Å². The first-order valence-corrected chi connectivity index (χ1v) is 10.2. The smallest absolute Gasteiger partial charge is 0.234 e. The van der Waals surface area contributed by atoms with Gasteiger partial charge in [0.15, 0.2) is 5.96 Å². The standard InChI is InChI=1S/C21H35N5O2/c1-4-18-5-7-19(8-6-18)9-10-24-21(22-2)26-14-12-25(13-15-26)17-20(27)23-11-16-28-3/h5-8H,4,9-17H2,1-3H3,(H,22,24)(H,23,27). The van der Waals surface area contributed by atoms with Gasteiger partial charge in [-0.25, -0.2) is 0 Å². The van der Waals surface area contributed by atoms with Crippen LogP contribution in [0.25, 0.3) is 0 Å². The monoisotopic (exact) mass is 389 g/mol. The maximum atomic E-state index is 11.9. The van der Waals surface area contributed by atoms with Crippen LogP contribution >= 0.6 is 0 Å². The molecule has 28 heavy (non-hydrogen) atoms. The number of nitrogens with zero attached hydrogens (tertiary/aromatic N) is 3. The zero-order valence-electron chi connectivity index (χ0n) is 17.5. The minimum atomic E-state index is 0.0575. The van der Waals surface area contributed by atoms with Gasteiger partial charge >= 0.3 is 0 Å². The second-order valence-corrected chi connectivity index (χ2v) is 7.00. The molecular formula is C21H35N5O2. The van der Waals surface area contributed by atoms with E-state index in [1.165, 1.54) is 11.1 Å². The molecule has 0 aliphatic carbocycles. The van der Waals surface area contributed by atoms with Crippen molar-refractivity contribution in [2.75, 3.05) is 66.6 Å². The lowest BCUT2D eigenvalue weighted by molar-refractivity contribution is -0.122. The number of aryl methyl sites for hydroxylation is 1. The van der Waals surface area contributed by atoms with Crippen molar-refractivity contribution in [1.82, 2.24) is 20.4 Å². The van der Waals surface area contributed by atoms with E-state index < -0.39 is 0 Å². The molecule has 1 aliphatic rings. The highest BCUT2D eigenvalue weighted by Crippen LogP contribution is 2.06. The predicted octanol–water partition coefficient (Wildman–Crippen LogP) is 0.747. The third-order valence-corrected chi connectivity index (χ3v) is 5.01. The van der Waals surface area contributed by atoms with Crippen LogP contribution in [0.5, 0.6) is 0 Å². The van der Waals surface area contributed by atoms with Crippen molar-refractivity contribution < 1.29 is 9.53 Å². The Morgan fingerprint density at radius 3 is 2.36 bits per heavy atom. The number of rotatable bonds is 9. The molecular weight excluding hydrogens is 354 g/mol. The number of hydrogen-bond acceptors (Lipinski definition) is 4. The van der Waals surface area contributed by atoms with Crippen LogP contribution in [0.3, 0.4) is 0 Å². The minimum absolute atomic E-state index is 0.0575. The molecule has 2 N–H and O–H groups in total. The number of guanidine groups is 1. The Balaban J connectivity index is 1.68. The molecule has 156 valence electrons. The molecule has 7 nitrogen and oxygen atoms in total. The van der Waals surface area contributed by atoms with E-state index in [0.29, 0.717) is 19.7 Å². The van der Waals surface area contributed by atoms with Gasteiger partial charge in [-0.3, -0.25) is 14.7 Å². The van der Waals surface area contributed by atoms with E-state index in [-0.39, 0.29) is 5.91 Å². The molecule has 0 atom stereocenters. The summed E-state index contributed by atoms with van der Waals surface area (Å²) >= 11 is 0. The van der Waals surface area contributed by atoms with Gasteiger partial charge in [0, 0.05) is 53.4 Å². The summed E-state index contributed by atoms with van der Waals surface area (Å²) in [6, 6.07) is 8.82. The van der Waals surface area contributed by atoms with Crippen LogP contribution in [0.4, 0.5) is 0 Å². The van der Waals surface area contributed by atoms with E-state index in [0.717, 1.165) is 51.5 Å². The Bertz CT molecular complexity index is 610. The van der Waals surface area contributed by atoms with Gasteiger partial charge < -0.3 is 20.3 Å². The van der Waals surface area contributed by atoms with Gasteiger partial charge in [-0.15, -0.1) is 0 Å². The second kappa shape index (κ2) is 12.4. The number of hydrogen-bond donors (Lipinski definition) is 2. The maximum Gasteiger partial charge on any atom is 0.234 e. The highest BCUT2D eigenvalue weighted by atomic mass is 16.5. The van der Waals surface area contributed by atoms with Gasteiger partial charge in [0.25, 0.3) is 0 Å². The Hall–Kier alpha value is -2.12. The summed E-state index contributed by atoms with van der Waals surface area (Å²) in [5.74, 6) is 0.997. The van der Waals surface area contributed by atoms with E-state index in [4.69, 9.17) is 4.74 Å². The van der Waals surface area contributed by atoms with Crippen molar-refractivity contribution >= 4 is 11.9 Å². The lowest BCUT2D eigenvalue weighted by atomic mass is 10.1. The van der Waals surface area contributed by atoms with Crippen LogP contribution in [0.15, 0.2) is 29.3 Å². The number of piperazine rings is 1. The Labute approximate surface area is 169 Å². The lowest BCUT2D eigenvalue weighted by Gasteiger charge is -2.36. The molecule has 1 saturated heterocycles. The van der Waals surface area contributed by atoms with Gasteiger partial charge in [0.2, 0.25) is 5.91 Å². The van der Waals surface area contributed by atoms with Crippen molar-refractivity contribution in [2.45, 2.75) is 19.8 Å². The van der Waals surface area contributed by atoms with E-state index in [9.17, 15) is 4.79 Å². The van der Waals surface area contributed by atoms with Gasteiger partial charge in [-0.05, 0) is 24.0 Å². The molecule has 0 aromatic heterocycles. The first-order chi connectivity index (χ1) is 13.7. The number of ether oxygens (including phenoxy) is 1. The number of methoxy groups -OCH3 is 1. The number of amides is 1. The summed E-state index contributed by atoms with van der Waals surface area (Å²) in [4.78, 5) is 20.8. The van der Waals surface area contributed by atoms with Crippen LogP contribution in [0, 0.1) is 0 Å². The van der Waals surface area contributed by atoms with Crippen LogP contribution in [-0.2, 0) is 22.4 Å². The highest BCUT2D eigenvalue weighted by Gasteiger charge is 2.20. The summed E-state index contributed by atoms with van der Waals surface area (Å²) in [5.41, 5.74) is 2.71. The van der Waals surface area contributed by atoms with Crippen molar-refractivity contribution in [3.63, 3.8) is 0 Å². The number of carbonyl (C=O) groups is 1. The summed E-state index contributed by atoms with van der Waals surface area (Å²) in [6.07, 6.45) is 2.05. The molecule has 0 saturated carbocycles. The SMILES string of the molecule is CCc1ccc(CCNC(=NC)N2CCN(CC(=O)NCCOC)CC2)cc1. The molecule has 7 heteroatoms. The van der Waals surface area contributed by atoms with Gasteiger partial charge in [-0.2, -0.15) is 0 Å². The van der Waals surface area contributed by atoms with Crippen LogP contribution in [0.2, 0.25) is 0 Å². The summed E-state index contributed by atoms with van der Waals surface area (Å²) in [6.45, 7) is 8.04. The Morgan fingerprint density at radius 1 is 1.07 bits per heavy atom. The fraction of sp³-hybridized carbons (Fsp3) is 0.619. The number of aliphatic imine (C=N–C) groups is 1. The predicted molar refractivity (Wildman–Crippen MR) is 114 cm³/mol. The van der Waals surface area contributed by atoms with E-state index in [2.05, 4.69) is 56.6 Å². The molecule has 0 unspecified atom stereocenters. The molecule has 1 aromatic rings. The molecule has 1 aliphatic heterocycles. The fourth-order valence-corrected chi connectivity index (χ4v) is 3.26. The molecule has 1 heterocycles. The number of nitrogens with one attached hydrogen (secondary N) is 2. The van der Waals surface area contributed by atoms with Crippen LogP contribution in [0.1, 0.15) is 18.1 Å². The van der Waals surface area contributed by atoms with Crippen LogP contribution in [-0.4, -0.2) is 88.2 Å². The average Bonchev–Trinajstić information content (AvgIpc) is 2.73. The molecule has 1 aromatic carbocycles. The lowest BCUT2D eigenvalue weighted by Crippen LogP contribution is -2.54. The summed E-state index contributed by atoms with van der Waals surface area (Å²) < 4.78 is 4.95. The first kappa shape index (κ1) is 22.2. The fourth-order valence-electron chi connectivity index (χ4n) is 3.26. The van der Waals surface area contributed by atoms with Gasteiger partial charge in [0.05, 0.1) is 13.2 Å². The quantitative estimate of drug-likeness (QED) is 0.371. The molecule has 0 bridgehead atoms. The van der Waals surface area contributed by atoms with Gasteiger partial charge in [-0.1, -0.05) is 31.2 Å². The van der Waals surface area contributed by atoms with E-state index in [1.807, 2.05) is 7.05 Å². The number of carbonyl (C=O) groups excluding carboxylic acids is 1. The van der Waals surface area contributed by atoms with Crippen molar-refractivity contribution in [3.05, 3.63) is 35.4 Å². The van der Waals surface area contributed by atoms with Crippen molar-refractivity contribution in [2.24, 2.45) is 4.99 Å². The van der Waals surface area contributed by atoms with Crippen molar-refractivity contribution in [1.29, 1.82) is 0 Å². The van der Waals surface area contributed by atoms with Gasteiger partial charge in [0.1, 0.15) is 0 Å². The Kier molecular flexibility index (Phi) is 9.79. The minimum Gasteiger partial charge on any atom is -0.383 e. The largest absolute Gasteiger partial charge is 0.383 e. The number of benzene rings is 1. The molecule has 1 amide bonds. The average molecular weight is 390 g/mol. The Morgan fingerprint density at radius 2 is 1.75 bits per heavy atom. The third-order valence-electron chi connectivity index (χ3n) is 5.01. The molecule has 1 fully saturated rings. The summed E-state index contributed by atoms with van der Waals surface area (Å²) in [7, 11) is 3.46. The molecule has 0 radical (unpaired) electrons. The molecule has 0 spiro atoms. The van der Waals surface area contributed by atoms with Crippen molar-refractivity contribution in [3.8, 4) is 0 Å². The topological polar surface area (TPSA) is 69.2 Å². The zero-order valence-corrected chi connectivity index (χ0v) is 17.5. The van der Waals surface area contributed by atoms with E-state index in [1.54, 1.807) is 7.11 Å². The highest BCUT2D eigenvalue weighted by molar-refractivity contribution is 5.80. The normalized spacial score (nSPS) is 15.5. The summed E-state index contributed by atoms with van der Waals surface area (Å²) in [5, 5.41) is 6.34.